The van der Waals surface area contributed by atoms with Crippen molar-refractivity contribution in [1.29, 1.82) is 0 Å². The van der Waals surface area contributed by atoms with Gasteiger partial charge in [0, 0.05) is 11.6 Å². The topological polar surface area (TPSA) is 35.0 Å². The van der Waals surface area contributed by atoms with E-state index >= 15 is 0 Å². The van der Waals surface area contributed by atoms with Gasteiger partial charge in [-0.2, -0.15) is 4.98 Å². The Morgan fingerprint density at radius 1 is 1.50 bits per heavy atom. The number of aromatic nitrogens is 2. The van der Waals surface area contributed by atoms with Crippen LogP contribution < -0.4 is 4.74 Å². The fourth-order valence-corrected chi connectivity index (χ4v) is 0.992. The monoisotopic (exact) mass is 159 g/mol. The Hall–Kier alpha value is -1.64. The van der Waals surface area contributed by atoms with E-state index in [9.17, 15) is 0 Å². The molecule has 0 bridgehead atoms. The van der Waals surface area contributed by atoms with E-state index in [-0.39, 0.29) is 0 Å². The van der Waals surface area contributed by atoms with Gasteiger partial charge >= 0.3 is 6.01 Å². The van der Waals surface area contributed by atoms with Crippen LogP contribution in [-0.4, -0.2) is 17.1 Å². The fraction of sp³-hybridized carbons (Fsp3) is 0.111. The summed E-state index contributed by atoms with van der Waals surface area (Å²) in [6.45, 7) is 0. The minimum atomic E-state index is 0.391. The molecule has 0 amide bonds. The molecule has 0 N–H and O–H groups in total. The highest BCUT2D eigenvalue weighted by atomic mass is 16.5. The van der Waals surface area contributed by atoms with Crippen molar-refractivity contribution in [2.75, 3.05) is 7.11 Å². The molecule has 12 heavy (non-hydrogen) atoms. The zero-order chi connectivity index (χ0) is 8.39. The van der Waals surface area contributed by atoms with E-state index in [4.69, 9.17) is 4.74 Å². The molecule has 3 heteroatoms. The van der Waals surface area contributed by atoms with Crippen LogP contribution in [0.25, 0.3) is 10.9 Å². The Kier molecular flexibility index (Phi) is 1.63. The van der Waals surface area contributed by atoms with Crippen molar-refractivity contribution in [2.24, 2.45) is 0 Å². The number of hydrogen-bond acceptors (Lipinski definition) is 3. The Bertz CT molecular complexity index is 400. The summed E-state index contributed by atoms with van der Waals surface area (Å²) in [4.78, 5) is 8.09. The molecule has 1 heterocycles. The zero-order valence-corrected chi connectivity index (χ0v) is 6.61. The predicted octanol–water partition coefficient (Wildman–Crippen LogP) is 1.44. The first kappa shape index (κ1) is 7.03. The normalized spacial score (nSPS) is 10.1. The number of rotatable bonds is 1. The van der Waals surface area contributed by atoms with Gasteiger partial charge in [0.25, 0.3) is 0 Å². The van der Waals surface area contributed by atoms with Crippen LogP contribution >= 0.6 is 0 Å². The third-order valence-electron chi connectivity index (χ3n) is 1.57. The SMILES string of the molecule is COc1ncc2[c]cccc2n1. The number of benzene rings is 1. The first-order valence-electron chi connectivity index (χ1n) is 3.57. The van der Waals surface area contributed by atoms with Crippen molar-refractivity contribution in [3.63, 3.8) is 0 Å². The van der Waals surface area contributed by atoms with Crippen LogP contribution in [0.3, 0.4) is 0 Å². The van der Waals surface area contributed by atoms with E-state index in [1.54, 1.807) is 13.3 Å². The van der Waals surface area contributed by atoms with Crippen LogP contribution in [0.1, 0.15) is 0 Å². The van der Waals surface area contributed by atoms with E-state index in [1.165, 1.54) is 0 Å². The van der Waals surface area contributed by atoms with Crippen molar-refractivity contribution in [3.8, 4) is 6.01 Å². The maximum atomic E-state index is 4.89. The lowest BCUT2D eigenvalue weighted by atomic mass is 10.2. The summed E-state index contributed by atoms with van der Waals surface area (Å²) < 4.78 is 4.89. The molecule has 0 unspecified atom stereocenters. The molecule has 0 atom stereocenters. The maximum absolute atomic E-state index is 4.89. The lowest BCUT2D eigenvalue weighted by Gasteiger charge is -1.98. The molecular weight excluding hydrogens is 152 g/mol. The molecule has 0 aliphatic heterocycles. The van der Waals surface area contributed by atoms with Crippen molar-refractivity contribution >= 4 is 10.9 Å². The van der Waals surface area contributed by atoms with Crippen LogP contribution in [-0.2, 0) is 0 Å². The summed E-state index contributed by atoms with van der Waals surface area (Å²) in [5.41, 5.74) is 0.851. The minimum absolute atomic E-state index is 0.391. The number of ether oxygens (including phenoxy) is 1. The average Bonchev–Trinajstić information content (AvgIpc) is 2.17. The summed E-state index contributed by atoms with van der Waals surface area (Å²) in [6.07, 6.45) is 1.70. The van der Waals surface area contributed by atoms with E-state index in [2.05, 4.69) is 16.0 Å². The van der Waals surface area contributed by atoms with Crippen molar-refractivity contribution < 1.29 is 4.74 Å². The largest absolute Gasteiger partial charge is 0.467 e. The Morgan fingerprint density at radius 3 is 3.25 bits per heavy atom. The van der Waals surface area contributed by atoms with Crippen LogP contribution in [0.15, 0.2) is 24.4 Å². The molecule has 0 aliphatic rings. The van der Waals surface area contributed by atoms with E-state index < -0.39 is 0 Å². The van der Waals surface area contributed by atoms with Gasteiger partial charge < -0.3 is 4.74 Å². The highest BCUT2D eigenvalue weighted by molar-refractivity contribution is 5.76. The van der Waals surface area contributed by atoms with E-state index in [0.717, 1.165) is 10.9 Å². The number of hydrogen-bond donors (Lipinski definition) is 0. The smallest absolute Gasteiger partial charge is 0.316 e. The second-order valence-electron chi connectivity index (χ2n) is 2.33. The molecular formula is C9H7N2O. The molecule has 0 saturated carbocycles. The molecule has 0 spiro atoms. The summed E-state index contributed by atoms with van der Waals surface area (Å²) in [6, 6.07) is 9.03. The Labute approximate surface area is 70.0 Å². The number of nitrogens with zero attached hydrogens (tertiary/aromatic N) is 2. The third-order valence-corrected chi connectivity index (χ3v) is 1.57. The van der Waals surface area contributed by atoms with Crippen LogP contribution in [0.2, 0.25) is 0 Å². The molecule has 0 aliphatic carbocycles. The molecule has 1 aromatic carbocycles. The quantitative estimate of drug-likeness (QED) is 0.631. The lowest BCUT2D eigenvalue weighted by molar-refractivity contribution is 0.382. The number of fused-ring (bicyclic) bond motifs is 1. The Balaban J connectivity index is 2.67. The second kappa shape index (κ2) is 2.77. The summed E-state index contributed by atoms with van der Waals surface area (Å²) in [5.74, 6) is 0. The third kappa shape index (κ3) is 1.09. The molecule has 59 valence electrons. The summed E-state index contributed by atoms with van der Waals surface area (Å²) >= 11 is 0. The molecule has 2 aromatic rings. The van der Waals surface area contributed by atoms with Gasteiger partial charge in [-0.25, -0.2) is 4.98 Å². The van der Waals surface area contributed by atoms with Gasteiger partial charge in [-0.1, -0.05) is 12.1 Å². The highest BCUT2D eigenvalue weighted by Crippen LogP contribution is 2.11. The molecule has 0 saturated heterocycles. The van der Waals surface area contributed by atoms with Gasteiger partial charge in [0.15, 0.2) is 0 Å². The molecule has 1 radical (unpaired) electrons. The van der Waals surface area contributed by atoms with Gasteiger partial charge in [0.1, 0.15) is 0 Å². The van der Waals surface area contributed by atoms with E-state index in [1.807, 2.05) is 18.2 Å². The standard InChI is InChI=1S/C9H7N2O/c1-12-9-10-6-7-4-2-3-5-8(7)11-9/h2-3,5-6H,1H3. The summed E-state index contributed by atoms with van der Waals surface area (Å²) in [5, 5.41) is 0.901. The average molecular weight is 159 g/mol. The van der Waals surface area contributed by atoms with Gasteiger partial charge in [0.2, 0.25) is 0 Å². The fourth-order valence-electron chi connectivity index (χ4n) is 0.992. The predicted molar refractivity (Wildman–Crippen MR) is 44.9 cm³/mol. The molecule has 3 nitrogen and oxygen atoms in total. The first-order valence-corrected chi connectivity index (χ1v) is 3.57. The highest BCUT2D eigenvalue weighted by Gasteiger charge is 1.96. The van der Waals surface area contributed by atoms with Gasteiger partial charge in [-0.15, -0.1) is 0 Å². The number of methoxy groups -OCH3 is 1. The van der Waals surface area contributed by atoms with Crippen LogP contribution in [0, 0.1) is 6.07 Å². The molecule has 0 fully saturated rings. The van der Waals surface area contributed by atoms with Crippen molar-refractivity contribution in [1.82, 2.24) is 9.97 Å². The molecule has 2 rings (SSSR count). The van der Waals surface area contributed by atoms with Crippen LogP contribution in [0.5, 0.6) is 6.01 Å². The van der Waals surface area contributed by atoms with E-state index in [0.29, 0.717) is 6.01 Å². The molecule has 1 aromatic heterocycles. The van der Waals surface area contributed by atoms with Crippen LogP contribution in [0.4, 0.5) is 0 Å². The first-order chi connectivity index (χ1) is 5.90. The minimum Gasteiger partial charge on any atom is -0.467 e. The van der Waals surface area contributed by atoms with Crippen molar-refractivity contribution in [3.05, 3.63) is 30.5 Å². The Morgan fingerprint density at radius 2 is 2.42 bits per heavy atom. The van der Waals surface area contributed by atoms with Gasteiger partial charge in [0.05, 0.1) is 12.6 Å². The zero-order valence-electron chi connectivity index (χ0n) is 6.61. The summed E-state index contributed by atoms with van der Waals surface area (Å²) in [7, 11) is 1.55. The lowest BCUT2D eigenvalue weighted by Crippen LogP contribution is -1.91. The van der Waals surface area contributed by atoms with Gasteiger partial charge in [-0.05, 0) is 12.1 Å². The van der Waals surface area contributed by atoms with Crippen molar-refractivity contribution in [2.45, 2.75) is 0 Å². The maximum Gasteiger partial charge on any atom is 0.316 e. The second-order valence-corrected chi connectivity index (χ2v) is 2.33. The van der Waals surface area contributed by atoms with Gasteiger partial charge in [-0.3, -0.25) is 0 Å².